The number of para-hydroxylation sites is 1. The zero-order valence-corrected chi connectivity index (χ0v) is 11.2. The van der Waals surface area contributed by atoms with Crippen LogP contribution in [-0.4, -0.2) is 27.7 Å². The molecule has 0 aliphatic heterocycles. The van der Waals surface area contributed by atoms with Gasteiger partial charge in [-0.25, -0.2) is 4.98 Å². The minimum Gasteiger partial charge on any atom is -0.494 e. The highest BCUT2D eigenvalue weighted by molar-refractivity contribution is 5.66. The van der Waals surface area contributed by atoms with E-state index in [1.807, 2.05) is 30.3 Å². The molecule has 0 amide bonds. The van der Waals surface area contributed by atoms with Crippen LogP contribution >= 0.6 is 0 Å². The Bertz CT molecular complexity index is 537. The number of nitrogens with one attached hydrogen (secondary N) is 1. The Balaban J connectivity index is 1.68. The number of ether oxygens (including phenoxy) is 1. The summed E-state index contributed by atoms with van der Waals surface area (Å²) in [5.74, 6) is 0.952. The minimum atomic E-state index is -0.794. The number of aliphatic carboxylic acids is 1. The zero-order valence-electron chi connectivity index (χ0n) is 11.2. The Kier molecular flexibility index (Phi) is 5.17. The lowest BCUT2D eigenvalue weighted by Gasteiger charge is -2.04. The highest BCUT2D eigenvalue weighted by atomic mass is 16.5. The van der Waals surface area contributed by atoms with Crippen molar-refractivity contribution < 1.29 is 14.6 Å². The summed E-state index contributed by atoms with van der Waals surface area (Å²) in [6.07, 6.45) is 3.97. The van der Waals surface area contributed by atoms with E-state index in [2.05, 4.69) is 9.97 Å². The monoisotopic (exact) mass is 274 g/mol. The molecule has 0 saturated heterocycles. The fraction of sp³-hybridized carbons (Fsp3) is 0.333. The number of benzene rings is 1. The second-order valence-electron chi connectivity index (χ2n) is 4.51. The Labute approximate surface area is 117 Å². The van der Waals surface area contributed by atoms with Crippen molar-refractivity contribution in [3.8, 4) is 5.75 Å². The number of aryl methyl sites for hydroxylation is 2. The number of rotatable bonds is 8. The first-order valence-electron chi connectivity index (χ1n) is 6.66. The van der Waals surface area contributed by atoms with Crippen LogP contribution in [0.1, 0.15) is 24.4 Å². The van der Waals surface area contributed by atoms with Gasteiger partial charge in [0.05, 0.1) is 13.0 Å². The molecule has 5 nitrogen and oxygen atoms in total. The Morgan fingerprint density at radius 2 is 2.05 bits per heavy atom. The molecular weight excluding hydrogens is 256 g/mol. The SMILES string of the molecule is O=C(O)CCc1cnc(CCCOc2ccccc2)[nH]1. The number of imidazole rings is 1. The summed E-state index contributed by atoms with van der Waals surface area (Å²) in [5.41, 5.74) is 0.867. The number of hydrogen-bond donors (Lipinski definition) is 2. The molecule has 0 fully saturated rings. The first kappa shape index (κ1) is 14.1. The molecule has 0 aliphatic rings. The van der Waals surface area contributed by atoms with Crippen molar-refractivity contribution in [3.63, 3.8) is 0 Å². The Hall–Kier alpha value is -2.30. The first-order valence-corrected chi connectivity index (χ1v) is 6.66. The predicted molar refractivity (Wildman–Crippen MR) is 74.8 cm³/mol. The van der Waals surface area contributed by atoms with Crippen molar-refractivity contribution >= 4 is 5.97 Å². The normalized spacial score (nSPS) is 10.4. The molecular formula is C15H18N2O3. The standard InChI is InChI=1S/C15H18N2O3/c18-15(19)9-8-12-11-16-14(17-12)7-4-10-20-13-5-2-1-3-6-13/h1-3,5-6,11H,4,7-10H2,(H,16,17)(H,18,19). The number of H-pyrrole nitrogens is 1. The molecule has 2 aromatic rings. The molecule has 0 aliphatic carbocycles. The lowest BCUT2D eigenvalue weighted by molar-refractivity contribution is -0.136. The number of aromatic nitrogens is 2. The number of carboxylic acid groups (broad SMARTS) is 1. The fourth-order valence-corrected chi connectivity index (χ4v) is 1.85. The van der Waals surface area contributed by atoms with Gasteiger partial charge >= 0.3 is 5.97 Å². The van der Waals surface area contributed by atoms with Crippen LogP contribution in [-0.2, 0) is 17.6 Å². The molecule has 1 aromatic heterocycles. The van der Waals surface area contributed by atoms with Gasteiger partial charge in [0, 0.05) is 18.3 Å². The van der Waals surface area contributed by atoms with Gasteiger partial charge in [-0.1, -0.05) is 18.2 Å². The van der Waals surface area contributed by atoms with E-state index in [1.165, 1.54) is 0 Å². The van der Waals surface area contributed by atoms with E-state index < -0.39 is 5.97 Å². The van der Waals surface area contributed by atoms with Crippen LogP contribution in [0.5, 0.6) is 5.75 Å². The highest BCUT2D eigenvalue weighted by Gasteiger charge is 2.03. The van der Waals surface area contributed by atoms with Gasteiger partial charge in [0.1, 0.15) is 11.6 Å². The molecule has 0 spiro atoms. The summed E-state index contributed by atoms with van der Waals surface area (Å²) < 4.78 is 5.59. The second-order valence-corrected chi connectivity index (χ2v) is 4.51. The van der Waals surface area contributed by atoms with Gasteiger partial charge in [-0.2, -0.15) is 0 Å². The summed E-state index contributed by atoms with van der Waals surface area (Å²) in [6, 6.07) is 9.69. The van der Waals surface area contributed by atoms with Crippen molar-refractivity contribution in [1.82, 2.24) is 9.97 Å². The van der Waals surface area contributed by atoms with Crippen LogP contribution in [0.3, 0.4) is 0 Å². The van der Waals surface area contributed by atoms with Gasteiger partial charge in [-0.3, -0.25) is 4.79 Å². The molecule has 2 rings (SSSR count). The summed E-state index contributed by atoms with van der Waals surface area (Å²) >= 11 is 0. The second kappa shape index (κ2) is 7.33. The van der Waals surface area contributed by atoms with Crippen LogP contribution in [0.2, 0.25) is 0 Å². The number of carboxylic acids is 1. The van der Waals surface area contributed by atoms with Gasteiger partial charge in [-0.15, -0.1) is 0 Å². The Morgan fingerprint density at radius 1 is 1.25 bits per heavy atom. The van der Waals surface area contributed by atoms with Crippen LogP contribution in [0.25, 0.3) is 0 Å². The molecule has 2 N–H and O–H groups in total. The first-order chi connectivity index (χ1) is 9.74. The topological polar surface area (TPSA) is 75.2 Å². The minimum absolute atomic E-state index is 0.124. The van der Waals surface area contributed by atoms with Crippen LogP contribution in [0, 0.1) is 0 Å². The maximum Gasteiger partial charge on any atom is 0.303 e. The molecule has 1 aromatic carbocycles. The number of hydrogen-bond acceptors (Lipinski definition) is 3. The maximum atomic E-state index is 10.5. The highest BCUT2D eigenvalue weighted by Crippen LogP contribution is 2.09. The van der Waals surface area contributed by atoms with Crippen LogP contribution in [0.15, 0.2) is 36.5 Å². The average molecular weight is 274 g/mol. The third-order valence-corrected chi connectivity index (χ3v) is 2.86. The van der Waals surface area contributed by atoms with E-state index in [-0.39, 0.29) is 6.42 Å². The van der Waals surface area contributed by atoms with Crippen molar-refractivity contribution in [2.24, 2.45) is 0 Å². The van der Waals surface area contributed by atoms with E-state index in [4.69, 9.17) is 9.84 Å². The average Bonchev–Trinajstić information content (AvgIpc) is 2.90. The van der Waals surface area contributed by atoms with Gasteiger partial charge in [-0.05, 0) is 25.0 Å². The maximum absolute atomic E-state index is 10.5. The van der Waals surface area contributed by atoms with Crippen molar-refractivity contribution in [2.75, 3.05) is 6.61 Å². The van der Waals surface area contributed by atoms with Crippen LogP contribution in [0.4, 0.5) is 0 Å². The number of carbonyl (C=O) groups is 1. The molecule has 0 radical (unpaired) electrons. The van der Waals surface area contributed by atoms with Gasteiger partial charge in [0.25, 0.3) is 0 Å². The molecule has 106 valence electrons. The van der Waals surface area contributed by atoms with E-state index >= 15 is 0 Å². The fourth-order valence-electron chi connectivity index (χ4n) is 1.85. The number of aromatic amines is 1. The third-order valence-electron chi connectivity index (χ3n) is 2.86. The summed E-state index contributed by atoms with van der Waals surface area (Å²) in [4.78, 5) is 17.8. The van der Waals surface area contributed by atoms with Gasteiger partial charge in [0.15, 0.2) is 0 Å². The van der Waals surface area contributed by atoms with E-state index in [1.54, 1.807) is 6.20 Å². The summed E-state index contributed by atoms with van der Waals surface area (Å²) in [6.45, 7) is 0.634. The largest absolute Gasteiger partial charge is 0.494 e. The number of nitrogens with zero attached hydrogens (tertiary/aromatic N) is 1. The van der Waals surface area contributed by atoms with E-state index in [0.717, 1.165) is 30.1 Å². The molecule has 0 bridgehead atoms. The quantitative estimate of drug-likeness (QED) is 0.725. The molecule has 1 heterocycles. The van der Waals surface area contributed by atoms with Crippen molar-refractivity contribution in [1.29, 1.82) is 0 Å². The third kappa shape index (κ3) is 4.76. The lowest BCUT2D eigenvalue weighted by atomic mass is 10.2. The van der Waals surface area contributed by atoms with E-state index in [0.29, 0.717) is 13.0 Å². The molecule has 0 saturated carbocycles. The molecule has 20 heavy (non-hydrogen) atoms. The van der Waals surface area contributed by atoms with Crippen molar-refractivity contribution in [2.45, 2.75) is 25.7 Å². The van der Waals surface area contributed by atoms with E-state index in [9.17, 15) is 4.79 Å². The predicted octanol–water partition coefficient (Wildman–Crippen LogP) is 2.44. The zero-order chi connectivity index (χ0) is 14.2. The molecule has 0 atom stereocenters. The Morgan fingerprint density at radius 3 is 2.80 bits per heavy atom. The summed E-state index contributed by atoms with van der Waals surface area (Å²) in [7, 11) is 0. The van der Waals surface area contributed by atoms with Gasteiger partial charge in [0.2, 0.25) is 0 Å². The lowest BCUT2D eigenvalue weighted by Crippen LogP contribution is -2.00. The van der Waals surface area contributed by atoms with Crippen molar-refractivity contribution in [3.05, 3.63) is 48.0 Å². The van der Waals surface area contributed by atoms with Gasteiger partial charge < -0.3 is 14.8 Å². The summed E-state index contributed by atoms with van der Waals surface area (Å²) in [5, 5.41) is 8.61. The molecule has 0 unspecified atom stereocenters. The smallest absolute Gasteiger partial charge is 0.303 e. The molecule has 5 heteroatoms. The van der Waals surface area contributed by atoms with Crippen LogP contribution < -0.4 is 4.74 Å².